The van der Waals surface area contributed by atoms with Gasteiger partial charge in [-0.05, 0) is 55.0 Å². The number of carbonyl (C=O) groups is 1. The maximum absolute atomic E-state index is 12.5. The van der Waals surface area contributed by atoms with Gasteiger partial charge in [0.05, 0.1) is 16.1 Å². The SMILES string of the molecule is Cc1ccc2oc(-c3ccc(NC(=O)c4cc(Br)ccc4Cl)cc3O)nc2c1. The summed E-state index contributed by atoms with van der Waals surface area (Å²) in [7, 11) is 0. The topological polar surface area (TPSA) is 75.4 Å². The summed E-state index contributed by atoms with van der Waals surface area (Å²) in [4.78, 5) is 16.9. The quantitative estimate of drug-likeness (QED) is 0.385. The smallest absolute Gasteiger partial charge is 0.257 e. The fraction of sp³-hybridized carbons (Fsp3) is 0.0476. The molecule has 0 spiro atoms. The zero-order valence-corrected chi connectivity index (χ0v) is 17.0. The van der Waals surface area contributed by atoms with Crippen LogP contribution in [0.5, 0.6) is 5.75 Å². The van der Waals surface area contributed by atoms with Crippen LogP contribution in [0.3, 0.4) is 0 Å². The van der Waals surface area contributed by atoms with Gasteiger partial charge in [-0.1, -0.05) is 33.6 Å². The maximum Gasteiger partial charge on any atom is 0.257 e. The predicted octanol–water partition coefficient (Wildman–Crippen LogP) is 6.18. The van der Waals surface area contributed by atoms with Gasteiger partial charge in [0.15, 0.2) is 5.58 Å². The van der Waals surface area contributed by atoms with E-state index in [0.717, 1.165) is 15.6 Å². The molecule has 0 aliphatic carbocycles. The lowest BCUT2D eigenvalue weighted by atomic mass is 10.1. The lowest BCUT2D eigenvalue weighted by molar-refractivity contribution is 0.102. The second-order valence-electron chi connectivity index (χ2n) is 6.30. The molecule has 140 valence electrons. The molecule has 0 aliphatic rings. The highest BCUT2D eigenvalue weighted by Crippen LogP contribution is 2.33. The van der Waals surface area contributed by atoms with E-state index in [1.165, 1.54) is 6.07 Å². The molecule has 5 nitrogen and oxygen atoms in total. The number of aryl methyl sites for hydroxylation is 1. The van der Waals surface area contributed by atoms with Crippen molar-refractivity contribution >= 4 is 50.2 Å². The molecule has 0 saturated heterocycles. The van der Waals surface area contributed by atoms with Crippen LogP contribution in [0.1, 0.15) is 15.9 Å². The first-order valence-corrected chi connectivity index (χ1v) is 9.55. The van der Waals surface area contributed by atoms with E-state index in [1.807, 2.05) is 25.1 Å². The van der Waals surface area contributed by atoms with Crippen molar-refractivity contribution in [3.05, 3.63) is 75.2 Å². The summed E-state index contributed by atoms with van der Waals surface area (Å²) in [5.41, 5.74) is 3.62. The standard InChI is InChI=1S/C21H14BrClN2O3/c1-11-2-7-19-17(8-11)25-21(28-19)14-5-4-13(10-18(14)26)24-20(27)15-9-12(22)3-6-16(15)23/h2-10,26H,1H3,(H,24,27). The number of carbonyl (C=O) groups excluding carboxylic acids is 1. The van der Waals surface area contributed by atoms with Crippen LogP contribution < -0.4 is 5.32 Å². The second kappa shape index (κ2) is 7.30. The molecule has 1 heterocycles. The van der Waals surface area contributed by atoms with Crippen molar-refractivity contribution in [3.8, 4) is 17.2 Å². The van der Waals surface area contributed by atoms with Crippen LogP contribution >= 0.6 is 27.5 Å². The Morgan fingerprint density at radius 2 is 1.96 bits per heavy atom. The van der Waals surface area contributed by atoms with Gasteiger partial charge in [-0.15, -0.1) is 0 Å². The fourth-order valence-electron chi connectivity index (χ4n) is 2.81. The number of nitrogens with one attached hydrogen (secondary N) is 1. The Morgan fingerprint density at radius 1 is 1.14 bits per heavy atom. The highest BCUT2D eigenvalue weighted by molar-refractivity contribution is 9.10. The van der Waals surface area contributed by atoms with Crippen LogP contribution in [0.4, 0.5) is 5.69 Å². The van der Waals surface area contributed by atoms with Crippen LogP contribution in [-0.4, -0.2) is 16.0 Å². The number of phenolic OH excluding ortho intramolecular Hbond substituents is 1. The summed E-state index contributed by atoms with van der Waals surface area (Å²) in [5.74, 6) is -0.122. The number of aromatic nitrogens is 1. The number of nitrogens with zero attached hydrogens (tertiary/aromatic N) is 1. The van der Waals surface area contributed by atoms with Gasteiger partial charge in [-0.2, -0.15) is 0 Å². The van der Waals surface area contributed by atoms with E-state index in [1.54, 1.807) is 30.3 Å². The Labute approximate surface area is 174 Å². The van der Waals surface area contributed by atoms with E-state index in [-0.39, 0.29) is 11.7 Å². The molecule has 7 heteroatoms. The molecule has 28 heavy (non-hydrogen) atoms. The van der Waals surface area contributed by atoms with E-state index in [2.05, 4.69) is 26.2 Å². The normalized spacial score (nSPS) is 11.0. The van der Waals surface area contributed by atoms with Crippen molar-refractivity contribution in [2.24, 2.45) is 0 Å². The Hall–Kier alpha value is -2.83. The van der Waals surface area contributed by atoms with E-state index in [4.69, 9.17) is 16.0 Å². The molecule has 0 unspecified atom stereocenters. The van der Waals surface area contributed by atoms with Crippen LogP contribution in [0.15, 0.2) is 63.5 Å². The molecule has 4 aromatic rings. The highest BCUT2D eigenvalue weighted by atomic mass is 79.9. The minimum absolute atomic E-state index is 0.0542. The highest BCUT2D eigenvalue weighted by Gasteiger charge is 2.15. The van der Waals surface area contributed by atoms with Crippen LogP contribution in [-0.2, 0) is 0 Å². The molecule has 1 aromatic heterocycles. The molecule has 0 fully saturated rings. The van der Waals surface area contributed by atoms with E-state index in [0.29, 0.717) is 33.3 Å². The Kier molecular flexibility index (Phi) is 4.83. The van der Waals surface area contributed by atoms with Gasteiger partial charge in [0.1, 0.15) is 11.3 Å². The first-order valence-electron chi connectivity index (χ1n) is 8.38. The zero-order valence-electron chi connectivity index (χ0n) is 14.7. The number of aromatic hydroxyl groups is 1. The van der Waals surface area contributed by atoms with Crippen LogP contribution in [0, 0.1) is 6.92 Å². The molecule has 0 aliphatic heterocycles. The lowest BCUT2D eigenvalue weighted by Gasteiger charge is -2.09. The van der Waals surface area contributed by atoms with Gasteiger partial charge in [-0.25, -0.2) is 4.98 Å². The van der Waals surface area contributed by atoms with Crippen LogP contribution in [0.2, 0.25) is 5.02 Å². The number of anilines is 1. The Bertz CT molecular complexity index is 1220. The summed E-state index contributed by atoms with van der Waals surface area (Å²) < 4.78 is 6.47. The molecule has 1 amide bonds. The molecule has 0 atom stereocenters. The molecular formula is C21H14BrClN2O3. The van der Waals surface area contributed by atoms with E-state index in [9.17, 15) is 9.90 Å². The first kappa shape index (κ1) is 18.5. The van der Waals surface area contributed by atoms with Gasteiger partial charge in [0.25, 0.3) is 5.91 Å². The van der Waals surface area contributed by atoms with Crippen molar-refractivity contribution < 1.29 is 14.3 Å². The third kappa shape index (κ3) is 3.61. The number of phenols is 1. The van der Waals surface area contributed by atoms with Crippen molar-refractivity contribution in [1.82, 2.24) is 4.98 Å². The Balaban J connectivity index is 1.62. The summed E-state index contributed by atoms with van der Waals surface area (Å²) in [6, 6.07) is 15.5. The number of rotatable bonds is 3. The number of fused-ring (bicyclic) bond motifs is 1. The maximum atomic E-state index is 12.5. The third-order valence-corrected chi connectivity index (χ3v) is 5.02. The first-order chi connectivity index (χ1) is 13.4. The number of oxazole rings is 1. The molecule has 0 radical (unpaired) electrons. The number of hydrogen-bond donors (Lipinski definition) is 2. The molecule has 4 rings (SSSR count). The molecule has 0 bridgehead atoms. The minimum atomic E-state index is -0.379. The molecule has 2 N–H and O–H groups in total. The molecule has 3 aromatic carbocycles. The van der Waals surface area contributed by atoms with E-state index >= 15 is 0 Å². The predicted molar refractivity (Wildman–Crippen MR) is 113 cm³/mol. The summed E-state index contributed by atoms with van der Waals surface area (Å²) in [6.07, 6.45) is 0. The van der Waals surface area contributed by atoms with Crippen molar-refractivity contribution in [2.75, 3.05) is 5.32 Å². The van der Waals surface area contributed by atoms with E-state index < -0.39 is 0 Å². The van der Waals surface area contributed by atoms with Crippen molar-refractivity contribution in [1.29, 1.82) is 0 Å². The summed E-state index contributed by atoms with van der Waals surface area (Å²) in [5, 5.41) is 13.5. The number of halogens is 2. The minimum Gasteiger partial charge on any atom is -0.507 e. The largest absolute Gasteiger partial charge is 0.507 e. The van der Waals surface area contributed by atoms with Crippen LogP contribution in [0.25, 0.3) is 22.6 Å². The number of benzene rings is 3. The van der Waals surface area contributed by atoms with Crippen molar-refractivity contribution in [3.63, 3.8) is 0 Å². The second-order valence-corrected chi connectivity index (χ2v) is 7.62. The monoisotopic (exact) mass is 456 g/mol. The van der Waals surface area contributed by atoms with Gasteiger partial charge in [0.2, 0.25) is 5.89 Å². The summed E-state index contributed by atoms with van der Waals surface area (Å²) in [6.45, 7) is 1.97. The van der Waals surface area contributed by atoms with Gasteiger partial charge < -0.3 is 14.8 Å². The molecule has 0 saturated carbocycles. The fourth-order valence-corrected chi connectivity index (χ4v) is 3.38. The average molecular weight is 458 g/mol. The average Bonchev–Trinajstić information content (AvgIpc) is 3.06. The number of amides is 1. The Morgan fingerprint density at radius 3 is 2.75 bits per heavy atom. The van der Waals surface area contributed by atoms with Gasteiger partial charge >= 0.3 is 0 Å². The molecular weight excluding hydrogens is 444 g/mol. The lowest BCUT2D eigenvalue weighted by Crippen LogP contribution is -2.12. The van der Waals surface area contributed by atoms with Gasteiger partial charge in [0, 0.05) is 16.2 Å². The number of hydrogen-bond acceptors (Lipinski definition) is 4. The third-order valence-electron chi connectivity index (χ3n) is 4.20. The van der Waals surface area contributed by atoms with Gasteiger partial charge in [-0.3, -0.25) is 4.79 Å². The zero-order chi connectivity index (χ0) is 19.8. The summed E-state index contributed by atoms with van der Waals surface area (Å²) >= 11 is 9.41. The van der Waals surface area contributed by atoms with Crippen molar-refractivity contribution in [2.45, 2.75) is 6.92 Å².